The smallest absolute Gasteiger partial charge is 0.260 e. The molecule has 0 spiro atoms. The van der Waals surface area contributed by atoms with Crippen molar-refractivity contribution in [2.45, 2.75) is 13.8 Å². The molecular weight excluding hydrogens is 368 g/mol. The Morgan fingerprint density at radius 1 is 1.03 bits per heavy atom. The van der Waals surface area contributed by atoms with Crippen molar-refractivity contribution in [3.05, 3.63) is 47.8 Å². The number of aryl methyl sites for hydroxylation is 2. The van der Waals surface area contributed by atoms with Crippen LogP contribution in [0.1, 0.15) is 11.4 Å². The van der Waals surface area contributed by atoms with Crippen LogP contribution in [0.3, 0.4) is 0 Å². The van der Waals surface area contributed by atoms with Gasteiger partial charge in [0.05, 0.1) is 0 Å². The molecule has 150 valence electrons. The first-order valence-corrected chi connectivity index (χ1v) is 9.98. The summed E-state index contributed by atoms with van der Waals surface area (Å²) in [6.45, 7) is 7.37. The van der Waals surface area contributed by atoms with Crippen LogP contribution in [0.15, 0.2) is 36.4 Å². The average molecular weight is 392 g/mol. The lowest BCUT2D eigenvalue weighted by Crippen LogP contribution is -2.36. The molecule has 3 aromatic rings. The maximum Gasteiger partial charge on any atom is 0.260 e. The van der Waals surface area contributed by atoms with E-state index in [1.165, 1.54) is 0 Å². The third kappa shape index (κ3) is 3.28. The summed E-state index contributed by atoms with van der Waals surface area (Å²) < 4.78 is 7.52. The number of aromatic nitrogens is 4. The molecule has 0 bridgehead atoms. The Bertz CT molecular complexity index is 1050. The lowest BCUT2D eigenvalue weighted by molar-refractivity contribution is -0.132. The standard InChI is InChI=1S/C21H24N6O2/c1-14-5-3-4-6-18(14)29-13-21(28)26-11-16-9-25(10-17(16)12-26)20-8-7-19-23-22-15(2)27(19)24-20/h3-8,16-17H,9-13H2,1-2H3. The number of rotatable bonds is 4. The van der Waals surface area contributed by atoms with E-state index in [1.54, 1.807) is 4.52 Å². The van der Waals surface area contributed by atoms with Gasteiger partial charge in [-0.25, -0.2) is 0 Å². The summed E-state index contributed by atoms with van der Waals surface area (Å²) in [5.41, 5.74) is 1.80. The van der Waals surface area contributed by atoms with Crippen molar-refractivity contribution in [3.63, 3.8) is 0 Å². The van der Waals surface area contributed by atoms with E-state index in [1.807, 2.05) is 55.1 Å². The van der Waals surface area contributed by atoms with Gasteiger partial charge < -0.3 is 14.5 Å². The summed E-state index contributed by atoms with van der Waals surface area (Å²) >= 11 is 0. The van der Waals surface area contributed by atoms with Crippen molar-refractivity contribution in [1.82, 2.24) is 24.7 Å². The largest absolute Gasteiger partial charge is 0.484 e. The molecule has 4 heterocycles. The van der Waals surface area contributed by atoms with Crippen LogP contribution in [0.4, 0.5) is 5.82 Å². The number of benzene rings is 1. The summed E-state index contributed by atoms with van der Waals surface area (Å²) in [7, 11) is 0. The van der Waals surface area contributed by atoms with Crippen LogP contribution < -0.4 is 9.64 Å². The zero-order valence-electron chi connectivity index (χ0n) is 16.7. The van der Waals surface area contributed by atoms with Crippen LogP contribution >= 0.6 is 0 Å². The molecular formula is C21H24N6O2. The monoisotopic (exact) mass is 392 g/mol. The van der Waals surface area contributed by atoms with Gasteiger partial charge >= 0.3 is 0 Å². The van der Waals surface area contributed by atoms with Crippen LogP contribution in [0.25, 0.3) is 5.65 Å². The number of carbonyl (C=O) groups is 1. The van der Waals surface area contributed by atoms with Gasteiger partial charge in [-0.15, -0.1) is 15.3 Å². The number of anilines is 1. The minimum atomic E-state index is 0.0638. The number of para-hydroxylation sites is 1. The summed E-state index contributed by atoms with van der Waals surface area (Å²) in [6, 6.07) is 11.7. The van der Waals surface area contributed by atoms with E-state index in [-0.39, 0.29) is 12.5 Å². The highest BCUT2D eigenvalue weighted by Crippen LogP contribution is 2.33. The van der Waals surface area contributed by atoms with Crippen LogP contribution in [-0.2, 0) is 4.79 Å². The highest BCUT2D eigenvalue weighted by Gasteiger charge is 2.42. The van der Waals surface area contributed by atoms with Gasteiger partial charge in [0.25, 0.3) is 5.91 Å². The maximum absolute atomic E-state index is 12.6. The average Bonchev–Trinajstić information content (AvgIpc) is 3.40. The van der Waals surface area contributed by atoms with Crippen molar-refractivity contribution >= 4 is 17.4 Å². The van der Waals surface area contributed by atoms with Gasteiger partial charge in [0.1, 0.15) is 11.6 Å². The SMILES string of the molecule is Cc1ccccc1OCC(=O)N1CC2CN(c3ccc4nnc(C)n4n3)CC2C1. The van der Waals surface area contributed by atoms with Crippen molar-refractivity contribution in [1.29, 1.82) is 0 Å². The molecule has 8 nitrogen and oxygen atoms in total. The lowest BCUT2D eigenvalue weighted by atomic mass is 10.0. The fraction of sp³-hybridized carbons (Fsp3) is 0.429. The molecule has 1 aromatic carbocycles. The molecule has 29 heavy (non-hydrogen) atoms. The minimum Gasteiger partial charge on any atom is -0.484 e. The van der Waals surface area contributed by atoms with E-state index in [9.17, 15) is 4.79 Å². The molecule has 0 saturated carbocycles. The van der Waals surface area contributed by atoms with Crippen LogP contribution in [0, 0.1) is 25.7 Å². The number of nitrogens with zero attached hydrogens (tertiary/aromatic N) is 6. The van der Waals surface area contributed by atoms with Crippen LogP contribution in [0.2, 0.25) is 0 Å². The summed E-state index contributed by atoms with van der Waals surface area (Å²) in [5, 5.41) is 12.9. The first kappa shape index (κ1) is 17.9. The number of carbonyl (C=O) groups excluding carboxylic acids is 1. The molecule has 8 heteroatoms. The Balaban J connectivity index is 1.20. The predicted molar refractivity (Wildman–Crippen MR) is 108 cm³/mol. The van der Waals surface area contributed by atoms with Gasteiger partial charge in [-0.2, -0.15) is 4.52 Å². The Kier molecular flexibility index (Phi) is 4.34. The summed E-state index contributed by atoms with van der Waals surface area (Å²) in [4.78, 5) is 16.9. The van der Waals surface area contributed by atoms with Gasteiger partial charge in [-0.1, -0.05) is 18.2 Å². The second-order valence-electron chi connectivity index (χ2n) is 7.99. The fourth-order valence-corrected chi connectivity index (χ4v) is 4.39. The highest BCUT2D eigenvalue weighted by molar-refractivity contribution is 5.78. The number of ether oxygens (including phenoxy) is 1. The van der Waals surface area contributed by atoms with Crippen LogP contribution in [-0.4, -0.2) is 63.4 Å². The minimum absolute atomic E-state index is 0.0638. The predicted octanol–water partition coefficient (Wildman–Crippen LogP) is 1.71. The van der Waals surface area contributed by atoms with Crippen molar-refractivity contribution < 1.29 is 9.53 Å². The van der Waals surface area contributed by atoms with E-state index in [4.69, 9.17) is 4.74 Å². The highest BCUT2D eigenvalue weighted by atomic mass is 16.5. The Morgan fingerprint density at radius 2 is 1.79 bits per heavy atom. The molecule has 2 unspecified atom stereocenters. The fourth-order valence-electron chi connectivity index (χ4n) is 4.39. The van der Waals surface area contributed by atoms with Gasteiger partial charge in [-0.3, -0.25) is 4.79 Å². The maximum atomic E-state index is 12.6. The van der Waals surface area contributed by atoms with Crippen LogP contribution in [0.5, 0.6) is 5.75 Å². The van der Waals surface area contributed by atoms with Gasteiger partial charge in [0, 0.05) is 38.0 Å². The molecule has 5 rings (SSSR count). The van der Waals surface area contributed by atoms with Gasteiger partial charge in [0.2, 0.25) is 0 Å². The van der Waals surface area contributed by atoms with Gasteiger partial charge in [0.15, 0.2) is 18.1 Å². The first-order valence-electron chi connectivity index (χ1n) is 9.98. The Morgan fingerprint density at radius 3 is 2.55 bits per heavy atom. The van der Waals surface area contributed by atoms with Crippen molar-refractivity contribution in [2.24, 2.45) is 11.8 Å². The molecule has 0 radical (unpaired) electrons. The molecule has 2 saturated heterocycles. The number of hydrogen-bond donors (Lipinski definition) is 0. The van der Waals surface area contributed by atoms with E-state index in [2.05, 4.69) is 20.2 Å². The summed E-state index contributed by atoms with van der Waals surface area (Å²) in [5.74, 6) is 3.50. The Labute approximate surface area is 169 Å². The number of fused-ring (bicyclic) bond motifs is 2. The topological polar surface area (TPSA) is 75.9 Å². The van der Waals surface area contributed by atoms with Crippen molar-refractivity contribution in [3.8, 4) is 5.75 Å². The first-order chi connectivity index (χ1) is 14.1. The molecule has 0 aliphatic carbocycles. The molecule has 2 aromatic heterocycles. The number of amides is 1. The second kappa shape index (κ2) is 7.02. The third-order valence-electron chi connectivity index (χ3n) is 6.01. The normalized spacial score (nSPS) is 21.0. The van der Waals surface area contributed by atoms with Crippen molar-refractivity contribution in [2.75, 3.05) is 37.7 Å². The molecule has 2 aliphatic rings. The number of hydrogen-bond acceptors (Lipinski definition) is 6. The van der Waals surface area contributed by atoms with Gasteiger partial charge in [-0.05, 0) is 37.6 Å². The third-order valence-corrected chi connectivity index (χ3v) is 6.01. The van der Waals surface area contributed by atoms with E-state index < -0.39 is 0 Å². The molecule has 1 amide bonds. The molecule has 2 fully saturated rings. The second-order valence-corrected chi connectivity index (χ2v) is 7.99. The van der Waals surface area contributed by atoms with E-state index in [0.717, 1.165) is 54.8 Å². The zero-order chi connectivity index (χ0) is 20.0. The quantitative estimate of drug-likeness (QED) is 0.673. The molecule has 0 N–H and O–H groups in total. The molecule has 2 atom stereocenters. The Hall–Kier alpha value is -3.16. The summed E-state index contributed by atoms with van der Waals surface area (Å²) in [6.07, 6.45) is 0. The molecule has 2 aliphatic heterocycles. The zero-order valence-corrected chi connectivity index (χ0v) is 16.7. The number of likely N-dealkylation sites (tertiary alicyclic amines) is 1. The van der Waals surface area contributed by atoms with E-state index in [0.29, 0.717) is 11.8 Å². The lowest BCUT2D eigenvalue weighted by Gasteiger charge is -2.22. The van der Waals surface area contributed by atoms with E-state index >= 15 is 0 Å².